The van der Waals surface area contributed by atoms with Gasteiger partial charge in [-0.15, -0.1) is 0 Å². The van der Waals surface area contributed by atoms with Gasteiger partial charge in [0.25, 0.3) is 0 Å². The average Bonchev–Trinajstić information content (AvgIpc) is 2.95. The first kappa shape index (κ1) is 15.9. The third-order valence-corrected chi connectivity index (χ3v) is 4.59. The minimum atomic E-state index is 0.245. The molecule has 1 aromatic heterocycles. The number of rotatable bonds is 5. The van der Waals surface area contributed by atoms with Gasteiger partial charge in [-0.25, -0.2) is 0 Å². The topological polar surface area (TPSA) is 51.0 Å². The highest BCUT2D eigenvalue weighted by Gasteiger charge is 2.16. The van der Waals surface area contributed by atoms with Gasteiger partial charge in [-0.1, -0.05) is 29.3 Å². The van der Waals surface area contributed by atoms with Crippen LogP contribution in [-0.2, 0) is 6.42 Å². The Morgan fingerprint density at radius 1 is 1.22 bits per heavy atom. The van der Waals surface area contributed by atoms with E-state index in [0.29, 0.717) is 17.3 Å². The molecule has 23 heavy (non-hydrogen) atoms. The predicted molar refractivity (Wildman–Crippen MR) is 96.5 cm³/mol. The Labute approximate surface area is 141 Å². The monoisotopic (exact) mass is 328 g/mol. The normalized spacial score (nSPS) is 12.5. The van der Waals surface area contributed by atoms with E-state index in [2.05, 4.69) is 36.3 Å². The summed E-state index contributed by atoms with van der Waals surface area (Å²) in [5, 5.41) is 1.88. The lowest BCUT2D eigenvalue weighted by Crippen LogP contribution is -2.14. The molecule has 0 aliphatic carbocycles. The van der Waals surface area contributed by atoms with Crippen molar-refractivity contribution in [1.29, 1.82) is 0 Å². The minimum Gasteiger partial charge on any atom is -0.495 e. The second kappa shape index (κ2) is 6.65. The van der Waals surface area contributed by atoms with Crippen molar-refractivity contribution in [1.82, 2.24) is 4.98 Å². The summed E-state index contributed by atoms with van der Waals surface area (Å²) in [5.74, 6) is 0.942. The van der Waals surface area contributed by atoms with Gasteiger partial charge in [-0.05, 0) is 55.3 Å². The molecule has 3 N–H and O–H groups in total. The van der Waals surface area contributed by atoms with E-state index in [-0.39, 0.29) is 5.92 Å². The number of nitrogens with one attached hydrogen (secondary N) is 1. The first-order chi connectivity index (χ1) is 11.1. The molecule has 0 amide bonds. The molecule has 1 heterocycles. The molecule has 3 rings (SSSR count). The lowest BCUT2D eigenvalue weighted by Gasteiger charge is -2.15. The Kier molecular flexibility index (Phi) is 4.60. The minimum absolute atomic E-state index is 0.245. The third-order valence-electron chi connectivity index (χ3n) is 4.29. The molecule has 0 saturated heterocycles. The van der Waals surface area contributed by atoms with Gasteiger partial charge < -0.3 is 15.5 Å². The molecule has 120 valence electrons. The van der Waals surface area contributed by atoms with Gasteiger partial charge in [0.2, 0.25) is 0 Å². The second-order valence-corrected chi connectivity index (χ2v) is 6.31. The summed E-state index contributed by atoms with van der Waals surface area (Å²) in [7, 11) is 1.62. The molecular weight excluding hydrogens is 308 g/mol. The summed E-state index contributed by atoms with van der Waals surface area (Å²) in [6, 6.07) is 12.4. The number of ether oxygens (including phenoxy) is 1. The highest BCUT2D eigenvalue weighted by atomic mass is 35.5. The largest absolute Gasteiger partial charge is 0.495 e. The van der Waals surface area contributed by atoms with Gasteiger partial charge >= 0.3 is 0 Å². The number of benzene rings is 2. The Bertz CT molecular complexity index is 825. The number of methoxy groups -OCH3 is 1. The molecule has 0 saturated carbocycles. The van der Waals surface area contributed by atoms with Crippen LogP contribution in [0, 0.1) is 6.92 Å². The molecular formula is C19H21ClN2O. The number of fused-ring (bicyclic) bond motifs is 1. The van der Waals surface area contributed by atoms with Gasteiger partial charge in [-0.2, -0.15) is 0 Å². The highest BCUT2D eigenvalue weighted by molar-refractivity contribution is 6.32. The summed E-state index contributed by atoms with van der Waals surface area (Å²) < 4.78 is 5.21. The number of nitrogens with two attached hydrogens (primary N) is 1. The van der Waals surface area contributed by atoms with E-state index in [1.54, 1.807) is 7.11 Å². The summed E-state index contributed by atoms with van der Waals surface area (Å²) in [5.41, 5.74) is 10.9. The standard InChI is InChI=1S/C19H21ClN2O/c1-12-3-5-18-15(7-12)16(11-22-18)14(10-21)8-13-4-6-19(23-2)17(20)9-13/h3-7,9,11,14,22H,8,10,21H2,1-2H3. The summed E-state index contributed by atoms with van der Waals surface area (Å²) in [4.78, 5) is 3.34. The second-order valence-electron chi connectivity index (χ2n) is 5.90. The zero-order valence-corrected chi connectivity index (χ0v) is 14.2. The maximum absolute atomic E-state index is 6.23. The fourth-order valence-electron chi connectivity index (χ4n) is 3.04. The molecule has 0 bridgehead atoms. The highest BCUT2D eigenvalue weighted by Crippen LogP contribution is 2.31. The molecule has 2 aromatic carbocycles. The summed E-state index contributed by atoms with van der Waals surface area (Å²) in [6.07, 6.45) is 2.92. The lowest BCUT2D eigenvalue weighted by atomic mass is 9.91. The van der Waals surface area contributed by atoms with Crippen molar-refractivity contribution in [2.24, 2.45) is 5.73 Å². The van der Waals surface area contributed by atoms with E-state index >= 15 is 0 Å². The van der Waals surface area contributed by atoms with Crippen LogP contribution < -0.4 is 10.5 Å². The summed E-state index contributed by atoms with van der Waals surface area (Å²) in [6.45, 7) is 2.70. The van der Waals surface area contributed by atoms with E-state index in [4.69, 9.17) is 22.1 Å². The van der Waals surface area contributed by atoms with Crippen LogP contribution in [0.3, 0.4) is 0 Å². The van der Waals surface area contributed by atoms with Crippen LogP contribution in [0.4, 0.5) is 0 Å². The average molecular weight is 329 g/mol. The number of aryl methyl sites for hydroxylation is 1. The number of hydrogen-bond donors (Lipinski definition) is 2. The molecule has 0 aliphatic rings. The predicted octanol–water partition coefficient (Wildman–Crippen LogP) is 4.42. The SMILES string of the molecule is COc1ccc(CC(CN)c2c[nH]c3ccc(C)cc23)cc1Cl. The maximum Gasteiger partial charge on any atom is 0.137 e. The number of H-pyrrole nitrogens is 1. The van der Waals surface area contributed by atoms with E-state index < -0.39 is 0 Å². The smallest absolute Gasteiger partial charge is 0.137 e. The molecule has 4 heteroatoms. The molecule has 0 aliphatic heterocycles. The first-order valence-corrected chi connectivity index (χ1v) is 8.10. The number of aromatic amines is 1. The quantitative estimate of drug-likeness (QED) is 0.728. The van der Waals surface area contributed by atoms with Crippen LogP contribution in [0.15, 0.2) is 42.6 Å². The lowest BCUT2D eigenvalue weighted by molar-refractivity contribution is 0.415. The fraction of sp³-hybridized carbons (Fsp3) is 0.263. The van der Waals surface area contributed by atoms with Gasteiger partial charge in [-0.3, -0.25) is 0 Å². The molecule has 3 aromatic rings. The Hall–Kier alpha value is -1.97. The number of halogens is 1. The van der Waals surface area contributed by atoms with E-state index in [0.717, 1.165) is 17.5 Å². The fourth-order valence-corrected chi connectivity index (χ4v) is 3.32. The first-order valence-electron chi connectivity index (χ1n) is 7.72. The van der Waals surface area contributed by atoms with Crippen LogP contribution in [-0.4, -0.2) is 18.6 Å². The van der Waals surface area contributed by atoms with E-state index in [1.165, 1.54) is 16.5 Å². The Morgan fingerprint density at radius 2 is 2.04 bits per heavy atom. The maximum atomic E-state index is 6.23. The summed E-state index contributed by atoms with van der Waals surface area (Å²) >= 11 is 6.23. The van der Waals surface area contributed by atoms with Crippen LogP contribution >= 0.6 is 11.6 Å². The van der Waals surface area contributed by atoms with Crippen molar-refractivity contribution < 1.29 is 4.74 Å². The Morgan fingerprint density at radius 3 is 2.74 bits per heavy atom. The zero-order valence-electron chi connectivity index (χ0n) is 13.4. The van der Waals surface area contributed by atoms with Crippen LogP contribution in [0.2, 0.25) is 5.02 Å². The van der Waals surface area contributed by atoms with Crippen molar-refractivity contribution in [3.05, 3.63) is 64.3 Å². The van der Waals surface area contributed by atoms with Crippen molar-refractivity contribution in [2.75, 3.05) is 13.7 Å². The molecule has 0 fully saturated rings. The molecule has 0 spiro atoms. The molecule has 1 atom stereocenters. The molecule has 0 radical (unpaired) electrons. The van der Waals surface area contributed by atoms with Gasteiger partial charge in [0, 0.05) is 23.0 Å². The third kappa shape index (κ3) is 3.21. The van der Waals surface area contributed by atoms with Gasteiger partial charge in [0.15, 0.2) is 0 Å². The zero-order chi connectivity index (χ0) is 16.4. The van der Waals surface area contributed by atoms with Crippen molar-refractivity contribution in [2.45, 2.75) is 19.3 Å². The van der Waals surface area contributed by atoms with E-state index in [9.17, 15) is 0 Å². The van der Waals surface area contributed by atoms with E-state index in [1.807, 2.05) is 18.2 Å². The van der Waals surface area contributed by atoms with Gasteiger partial charge in [0.05, 0.1) is 12.1 Å². The van der Waals surface area contributed by atoms with Crippen LogP contribution in [0.25, 0.3) is 10.9 Å². The molecule has 3 nitrogen and oxygen atoms in total. The van der Waals surface area contributed by atoms with Crippen LogP contribution in [0.5, 0.6) is 5.75 Å². The van der Waals surface area contributed by atoms with Crippen molar-refractivity contribution >= 4 is 22.5 Å². The van der Waals surface area contributed by atoms with Crippen molar-refractivity contribution in [3.8, 4) is 5.75 Å². The molecule has 1 unspecified atom stereocenters. The Balaban J connectivity index is 1.92. The number of aromatic nitrogens is 1. The van der Waals surface area contributed by atoms with Gasteiger partial charge in [0.1, 0.15) is 5.75 Å². The van der Waals surface area contributed by atoms with Crippen LogP contribution in [0.1, 0.15) is 22.6 Å². The number of hydrogen-bond acceptors (Lipinski definition) is 2. The van der Waals surface area contributed by atoms with Crippen molar-refractivity contribution in [3.63, 3.8) is 0 Å².